The zero-order valence-electron chi connectivity index (χ0n) is 65.3. The molecule has 0 aromatic heterocycles. The Balaban J connectivity index is 1.86. The Morgan fingerprint density at radius 1 is 0.367 bits per heavy atom. The monoisotopic (exact) mass is 1390 g/mol. The Kier molecular flexibility index (Phi) is 73.7. The number of aliphatic hydroxyl groups is 5. The van der Waals surface area contributed by atoms with Gasteiger partial charge in [-0.25, -0.2) is 0 Å². The molecule has 1 rings (SSSR count). The summed E-state index contributed by atoms with van der Waals surface area (Å²) in [4.78, 5) is 25.2. The lowest BCUT2D eigenvalue weighted by Gasteiger charge is -2.40. The zero-order chi connectivity index (χ0) is 70.8. The summed E-state index contributed by atoms with van der Waals surface area (Å²) in [6.07, 6.45) is 88.4. The molecule has 1 aliphatic rings. The molecule has 0 spiro atoms. The summed E-state index contributed by atoms with van der Waals surface area (Å²) in [5.74, 6) is -0.148. The highest BCUT2D eigenvalue weighted by molar-refractivity contribution is 5.76. The van der Waals surface area contributed by atoms with E-state index in [0.717, 1.165) is 51.4 Å². The molecule has 1 fully saturated rings. The van der Waals surface area contributed by atoms with E-state index in [1.807, 2.05) is 6.08 Å². The number of hydrogen-bond donors (Lipinski definition) is 6. The van der Waals surface area contributed by atoms with E-state index in [9.17, 15) is 35.1 Å². The minimum Gasteiger partial charge on any atom is -0.466 e. The summed E-state index contributed by atoms with van der Waals surface area (Å²) in [6.45, 7) is 4.43. The van der Waals surface area contributed by atoms with Crippen LogP contribution in [0.3, 0.4) is 0 Å². The molecule has 1 saturated heterocycles. The van der Waals surface area contributed by atoms with Crippen molar-refractivity contribution in [1.29, 1.82) is 0 Å². The van der Waals surface area contributed by atoms with Gasteiger partial charge in [-0.3, -0.25) is 9.59 Å². The number of amides is 1. The Labute approximate surface area is 608 Å². The van der Waals surface area contributed by atoms with Crippen molar-refractivity contribution < 1.29 is 49.3 Å². The number of aliphatic hydroxyl groups excluding tert-OH is 5. The Morgan fingerprint density at radius 3 is 0.949 bits per heavy atom. The summed E-state index contributed by atoms with van der Waals surface area (Å²) in [6, 6.07) is -0.805. The van der Waals surface area contributed by atoms with Gasteiger partial charge in [-0.2, -0.15) is 0 Å². The van der Waals surface area contributed by atoms with Gasteiger partial charge in [-0.1, -0.05) is 437 Å². The van der Waals surface area contributed by atoms with Gasteiger partial charge in [0.1, 0.15) is 24.4 Å². The molecule has 0 aromatic carbocycles. The third-order valence-electron chi connectivity index (χ3n) is 21.4. The van der Waals surface area contributed by atoms with Crippen LogP contribution < -0.4 is 5.32 Å². The number of ether oxygens (including phenoxy) is 3. The number of esters is 1. The average molecular weight is 1390 g/mol. The van der Waals surface area contributed by atoms with Gasteiger partial charge in [0.25, 0.3) is 0 Å². The van der Waals surface area contributed by atoms with Gasteiger partial charge in [0.2, 0.25) is 5.91 Å². The molecule has 1 aliphatic heterocycles. The number of rotatable bonds is 80. The third-order valence-corrected chi connectivity index (χ3v) is 21.4. The van der Waals surface area contributed by atoms with Crippen molar-refractivity contribution in [2.45, 2.75) is 513 Å². The minimum atomic E-state index is -1.57. The highest BCUT2D eigenvalue weighted by atomic mass is 16.7. The minimum absolute atomic E-state index is 0.0232. The number of hydrogen-bond acceptors (Lipinski definition) is 10. The molecule has 98 heavy (non-hydrogen) atoms. The topological polar surface area (TPSA) is 175 Å². The summed E-state index contributed by atoms with van der Waals surface area (Å²) in [5, 5.41) is 54.7. The molecule has 0 saturated carbocycles. The van der Waals surface area contributed by atoms with Crippen LogP contribution in [0.2, 0.25) is 0 Å². The maximum atomic E-state index is 13.1. The standard InChI is InChI=1S/C87H169NO10/c1-3-5-7-9-11-13-15-17-19-47-51-55-59-63-67-71-75-83(92)96-76-72-68-64-60-56-52-48-44-42-40-38-36-34-32-30-28-26-24-22-20-21-23-25-27-29-31-33-35-37-39-41-43-46-50-54-58-62-66-70-74-82(91)88-79(78-97-87-86(95)85(94)84(93)81(77-89)98-87)80(90)73-69-65-61-57-53-49-45-18-16-14-12-10-8-6-4-2/h69,73,79-81,84-87,89-90,93-95H,3-68,70-72,74-78H2,1-2H3,(H,88,91)/b73-69+. The highest BCUT2D eigenvalue weighted by Gasteiger charge is 2.44. The Morgan fingerprint density at radius 2 is 0.643 bits per heavy atom. The molecule has 7 atom stereocenters. The van der Waals surface area contributed by atoms with Gasteiger partial charge in [0.15, 0.2) is 6.29 Å². The van der Waals surface area contributed by atoms with E-state index in [-0.39, 0.29) is 18.5 Å². The maximum Gasteiger partial charge on any atom is 0.305 e. The number of nitrogens with one attached hydrogen (secondary N) is 1. The second-order valence-electron chi connectivity index (χ2n) is 31.0. The lowest BCUT2D eigenvalue weighted by atomic mass is 9.99. The SMILES string of the molecule is CCCCCCCCCCCCCCC/C=C/C(O)C(COC1OC(CO)C(O)C(O)C1O)NC(=O)CCCCCCCCCCCCCCCCCCCCCCCCCCCCCCCCCCCCCCCCCOC(=O)CCCCCCCCCCCCCCCCCC. The molecular formula is C87H169NO10. The fraction of sp³-hybridized carbons (Fsp3) is 0.954. The largest absolute Gasteiger partial charge is 0.466 e. The van der Waals surface area contributed by atoms with Crippen LogP contribution in [-0.4, -0.2) is 100 Å². The molecule has 11 nitrogen and oxygen atoms in total. The maximum absolute atomic E-state index is 13.1. The van der Waals surface area contributed by atoms with E-state index >= 15 is 0 Å². The van der Waals surface area contributed by atoms with E-state index < -0.39 is 49.5 Å². The Bertz CT molecular complexity index is 1630. The first-order chi connectivity index (χ1) is 48.2. The normalized spacial score (nSPS) is 17.2. The van der Waals surface area contributed by atoms with E-state index in [4.69, 9.17) is 14.2 Å². The van der Waals surface area contributed by atoms with Crippen LogP contribution >= 0.6 is 0 Å². The van der Waals surface area contributed by atoms with Crippen molar-refractivity contribution >= 4 is 11.9 Å². The molecule has 1 amide bonds. The van der Waals surface area contributed by atoms with Crippen LogP contribution in [0.25, 0.3) is 0 Å². The first-order valence-corrected chi connectivity index (χ1v) is 44.0. The van der Waals surface area contributed by atoms with Gasteiger partial charge >= 0.3 is 5.97 Å². The summed E-state index contributed by atoms with van der Waals surface area (Å²) >= 11 is 0. The van der Waals surface area contributed by atoms with Crippen LogP contribution in [0.15, 0.2) is 12.2 Å². The van der Waals surface area contributed by atoms with Gasteiger partial charge in [-0.15, -0.1) is 0 Å². The lowest BCUT2D eigenvalue weighted by Crippen LogP contribution is -2.60. The summed E-state index contributed by atoms with van der Waals surface area (Å²) in [5.41, 5.74) is 0. The number of allylic oxidation sites excluding steroid dienone is 1. The van der Waals surface area contributed by atoms with E-state index in [1.54, 1.807) is 6.08 Å². The lowest BCUT2D eigenvalue weighted by molar-refractivity contribution is -0.302. The second kappa shape index (κ2) is 76.5. The molecule has 6 N–H and O–H groups in total. The summed E-state index contributed by atoms with van der Waals surface area (Å²) in [7, 11) is 0. The molecule has 7 unspecified atom stereocenters. The van der Waals surface area contributed by atoms with Crippen molar-refractivity contribution in [3.05, 3.63) is 12.2 Å². The number of carbonyl (C=O) groups is 2. The fourth-order valence-corrected chi connectivity index (χ4v) is 14.6. The smallest absolute Gasteiger partial charge is 0.305 e. The van der Waals surface area contributed by atoms with E-state index in [2.05, 4.69) is 19.2 Å². The molecule has 0 bridgehead atoms. The predicted octanol–water partition coefficient (Wildman–Crippen LogP) is 24.5. The molecule has 0 aliphatic carbocycles. The molecule has 582 valence electrons. The van der Waals surface area contributed by atoms with Gasteiger partial charge in [-0.05, 0) is 32.1 Å². The molecule has 0 radical (unpaired) electrons. The third kappa shape index (κ3) is 64.0. The number of unbranched alkanes of at least 4 members (excludes halogenated alkanes) is 66. The van der Waals surface area contributed by atoms with Crippen molar-refractivity contribution in [2.24, 2.45) is 0 Å². The van der Waals surface area contributed by atoms with Crippen molar-refractivity contribution in [3.63, 3.8) is 0 Å². The predicted molar refractivity (Wildman–Crippen MR) is 417 cm³/mol. The number of carbonyl (C=O) groups excluding carboxylic acids is 2. The molecular weight excluding hydrogens is 1220 g/mol. The first-order valence-electron chi connectivity index (χ1n) is 44.0. The van der Waals surface area contributed by atoms with Gasteiger partial charge in [0, 0.05) is 12.8 Å². The van der Waals surface area contributed by atoms with E-state index in [1.165, 1.54) is 392 Å². The summed E-state index contributed by atoms with van der Waals surface area (Å²) < 4.78 is 16.8. The average Bonchev–Trinajstić information content (AvgIpc) is 0.823. The molecule has 0 aromatic rings. The van der Waals surface area contributed by atoms with Crippen LogP contribution in [-0.2, 0) is 23.8 Å². The molecule has 1 heterocycles. The van der Waals surface area contributed by atoms with Gasteiger partial charge < -0.3 is 45.1 Å². The highest BCUT2D eigenvalue weighted by Crippen LogP contribution is 2.25. The van der Waals surface area contributed by atoms with Crippen molar-refractivity contribution in [2.75, 3.05) is 19.8 Å². The van der Waals surface area contributed by atoms with Crippen LogP contribution in [0.5, 0.6) is 0 Å². The fourth-order valence-electron chi connectivity index (χ4n) is 14.6. The first kappa shape index (κ1) is 94.4. The second-order valence-corrected chi connectivity index (χ2v) is 31.0. The Hall–Kier alpha value is -1.60. The van der Waals surface area contributed by atoms with Crippen LogP contribution in [0.4, 0.5) is 0 Å². The van der Waals surface area contributed by atoms with Gasteiger partial charge in [0.05, 0.1) is 32.0 Å². The molecule has 11 heteroatoms. The van der Waals surface area contributed by atoms with Crippen molar-refractivity contribution in [1.82, 2.24) is 5.32 Å². The van der Waals surface area contributed by atoms with Crippen LogP contribution in [0, 0.1) is 0 Å². The quantitative estimate of drug-likeness (QED) is 0.0195. The van der Waals surface area contributed by atoms with Crippen LogP contribution in [0.1, 0.15) is 470 Å². The van der Waals surface area contributed by atoms with E-state index in [0.29, 0.717) is 19.4 Å². The zero-order valence-corrected chi connectivity index (χ0v) is 65.3. The van der Waals surface area contributed by atoms with Crippen molar-refractivity contribution in [3.8, 4) is 0 Å².